The van der Waals surface area contributed by atoms with Crippen LogP contribution in [0.3, 0.4) is 0 Å². The number of carbonyl (C=O) groups excluding carboxylic acids is 1. The summed E-state index contributed by atoms with van der Waals surface area (Å²) in [6.07, 6.45) is 1.77. The second-order valence-corrected chi connectivity index (χ2v) is 7.92. The van der Waals surface area contributed by atoms with E-state index < -0.39 is 5.60 Å². The Morgan fingerprint density at radius 3 is 3.00 bits per heavy atom. The number of nitrogens with zero attached hydrogens (tertiary/aromatic N) is 1. The summed E-state index contributed by atoms with van der Waals surface area (Å²) in [5.41, 5.74) is 1.95. The Balaban J connectivity index is 1.71. The number of carbonyl (C=O) groups is 1. The van der Waals surface area contributed by atoms with Gasteiger partial charge >= 0.3 is 5.97 Å². The zero-order valence-electron chi connectivity index (χ0n) is 15.2. The molecule has 1 aliphatic heterocycles. The van der Waals surface area contributed by atoms with E-state index in [-0.39, 0.29) is 5.97 Å². The van der Waals surface area contributed by atoms with Crippen LogP contribution in [0, 0.1) is 0 Å². The molecule has 1 unspecified atom stereocenters. The highest BCUT2D eigenvalue weighted by molar-refractivity contribution is 7.10. The number of fused-ring (bicyclic) bond motifs is 1. The first-order valence-electron chi connectivity index (χ1n) is 8.86. The van der Waals surface area contributed by atoms with Gasteiger partial charge in [-0.25, -0.2) is 0 Å². The SMILES string of the molecule is CCOC(=O)CN(C)CCCC1(c2cccs2)OCc2cc(Cl)ccc21. The van der Waals surface area contributed by atoms with Gasteiger partial charge in [-0.3, -0.25) is 9.69 Å². The molecule has 0 amide bonds. The van der Waals surface area contributed by atoms with Gasteiger partial charge in [-0.15, -0.1) is 11.3 Å². The Bertz CT molecular complexity index is 750. The highest BCUT2D eigenvalue weighted by Crippen LogP contribution is 2.47. The van der Waals surface area contributed by atoms with E-state index in [1.807, 2.05) is 31.0 Å². The molecule has 0 radical (unpaired) electrons. The number of rotatable bonds is 8. The summed E-state index contributed by atoms with van der Waals surface area (Å²) >= 11 is 7.88. The number of hydrogen-bond acceptors (Lipinski definition) is 5. The van der Waals surface area contributed by atoms with Gasteiger partial charge in [0, 0.05) is 9.90 Å². The minimum atomic E-state index is -0.418. The summed E-state index contributed by atoms with van der Waals surface area (Å²) in [6.45, 7) is 3.93. The molecular formula is C20H24ClNO3S. The quantitative estimate of drug-likeness (QED) is 0.621. The molecule has 4 nitrogen and oxygen atoms in total. The third kappa shape index (κ3) is 4.12. The fourth-order valence-corrected chi connectivity index (χ4v) is 4.62. The van der Waals surface area contributed by atoms with E-state index in [4.69, 9.17) is 21.1 Å². The Hall–Kier alpha value is -1.40. The van der Waals surface area contributed by atoms with Crippen LogP contribution in [-0.2, 0) is 26.5 Å². The van der Waals surface area contributed by atoms with Gasteiger partial charge in [0.15, 0.2) is 0 Å². The number of halogens is 1. The fraction of sp³-hybridized carbons (Fsp3) is 0.450. The molecule has 0 spiro atoms. The van der Waals surface area contributed by atoms with Crippen molar-refractivity contribution in [1.82, 2.24) is 4.90 Å². The van der Waals surface area contributed by atoms with Gasteiger partial charge in [0.1, 0.15) is 5.60 Å². The van der Waals surface area contributed by atoms with E-state index in [1.165, 1.54) is 10.4 Å². The number of esters is 1. The van der Waals surface area contributed by atoms with E-state index in [0.29, 0.717) is 19.8 Å². The fourth-order valence-electron chi connectivity index (χ4n) is 3.50. The molecule has 140 valence electrons. The van der Waals surface area contributed by atoms with E-state index >= 15 is 0 Å². The maximum atomic E-state index is 11.6. The molecule has 2 heterocycles. The van der Waals surface area contributed by atoms with Crippen molar-refractivity contribution in [2.75, 3.05) is 26.7 Å². The topological polar surface area (TPSA) is 38.8 Å². The van der Waals surface area contributed by atoms with Crippen molar-refractivity contribution in [3.8, 4) is 0 Å². The average Bonchev–Trinajstić information content (AvgIpc) is 3.23. The van der Waals surface area contributed by atoms with Crippen LogP contribution in [0.25, 0.3) is 0 Å². The van der Waals surface area contributed by atoms with Crippen LogP contribution >= 0.6 is 22.9 Å². The lowest BCUT2D eigenvalue weighted by Gasteiger charge is -2.29. The molecule has 1 aliphatic rings. The Labute approximate surface area is 163 Å². The first kappa shape index (κ1) is 19.4. The summed E-state index contributed by atoms with van der Waals surface area (Å²) < 4.78 is 11.4. The minimum Gasteiger partial charge on any atom is -0.465 e. The molecule has 1 aromatic carbocycles. The smallest absolute Gasteiger partial charge is 0.320 e. The van der Waals surface area contributed by atoms with Gasteiger partial charge in [0.2, 0.25) is 0 Å². The van der Waals surface area contributed by atoms with Crippen molar-refractivity contribution in [3.05, 3.63) is 56.7 Å². The highest BCUT2D eigenvalue weighted by atomic mass is 35.5. The zero-order chi connectivity index (χ0) is 18.6. The monoisotopic (exact) mass is 393 g/mol. The lowest BCUT2D eigenvalue weighted by molar-refractivity contribution is -0.144. The first-order chi connectivity index (χ1) is 12.5. The molecule has 26 heavy (non-hydrogen) atoms. The molecule has 0 bridgehead atoms. The normalized spacial score (nSPS) is 18.9. The second-order valence-electron chi connectivity index (χ2n) is 6.54. The maximum Gasteiger partial charge on any atom is 0.320 e. The highest BCUT2D eigenvalue weighted by Gasteiger charge is 2.42. The van der Waals surface area contributed by atoms with Crippen LogP contribution in [0.5, 0.6) is 0 Å². The van der Waals surface area contributed by atoms with Crippen LogP contribution in [-0.4, -0.2) is 37.6 Å². The molecule has 6 heteroatoms. The molecule has 3 rings (SSSR count). The van der Waals surface area contributed by atoms with E-state index in [2.05, 4.69) is 23.6 Å². The molecule has 0 fully saturated rings. The van der Waals surface area contributed by atoms with Crippen molar-refractivity contribution < 1.29 is 14.3 Å². The summed E-state index contributed by atoms with van der Waals surface area (Å²) in [4.78, 5) is 14.8. The van der Waals surface area contributed by atoms with Crippen molar-refractivity contribution in [3.63, 3.8) is 0 Å². The van der Waals surface area contributed by atoms with Crippen LogP contribution < -0.4 is 0 Å². The number of benzene rings is 1. The molecule has 1 atom stereocenters. The van der Waals surface area contributed by atoms with Crippen molar-refractivity contribution >= 4 is 28.9 Å². The van der Waals surface area contributed by atoms with Gasteiger partial charge in [-0.1, -0.05) is 23.7 Å². The van der Waals surface area contributed by atoms with Crippen molar-refractivity contribution in [2.45, 2.75) is 32.0 Å². The Morgan fingerprint density at radius 1 is 1.42 bits per heavy atom. The minimum absolute atomic E-state index is 0.180. The average molecular weight is 394 g/mol. The van der Waals surface area contributed by atoms with Gasteiger partial charge in [0.25, 0.3) is 0 Å². The van der Waals surface area contributed by atoms with Crippen LogP contribution in [0.2, 0.25) is 5.02 Å². The van der Waals surface area contributed by atoms with Gasteiger partial charge in [0.05, 0.1) is 19.8 Å². The molecule has 0 saturated heterocycles. The van der Waals surface area contributed by atoms with E-state index in [0.717, 1.165) is 30.0 Å². The molecular weight excluding hydrogens is 370 g/mol. The second kappa shape index (κ2) is 8.53. The lowest BCUT2D eigenvalue weighted by atomic mass is 9.86. The van der Waals surface area contributed by atoms with E-state index in [9.17, 15) is 4.79 Å². The van der Waals surface area contributed by atoms with Crippen molar-refractivity contribution in [2.24, 2.45) is 0 Å². The molecule has 0 saturated carbocycles. The zero-order valence-corrected chi connectivity index (χ0v) is 16.7. The third-order valence-corrected chi connectivity index (χ3v) is 5.92. The molecule has 0 aliphatic carbocycles. The summed E-state index contributed by atoms with van der Waals surface area (Å²) in [7, 11) is 1.94. The predicted octanol–water partition coefficient (Wildman–Crippen LogP) is 4.45. The van der Waals surface area contributed by atoms with Gasteiger partial charge in [-0.2, -0.15) is 0 Å². The number of ether oxygens (including phenoxy) is 2. The van der Waals surface area contributed by atoms with Crippen LogP contribution in [0.4, 0.5) is 0 Å². The van der Waals surface area contributed by atoms with E-state index in [1.54, 1.807) is 11.3 Å². The van der Waals surface area contributed by atoms with Gasteiger partial charge in [-0.05, 0) is 68.1 Å². The standard InChI is InChI=1S/C20H24ClNO3S/c1-3-24-19(23)13-22(2)10-5-9-20(18-6-4-11-26-18)17-8-7-16(21)12-15(17)14-25-20/h4,6-8,11-12H,3,5,9-10,13-14H2,1-2H3. The van der Waals surface area contributed by atoms with Crippen LogP contribution in [0.15, 0.2) is 35.7 Å². The van der Waals surface area contributed by atoms with Gasteiger partial charge < -0.3 is 9.47 Å². The van der Waals surface area contributed by atoms with Crippen LogP contribution in [0.1, 0.15) is 35.8 Å². The first-order valence-corrected chi connectivity index (χ1v) is 10.1. The number of hydrogen-bond donors (Lipinski definition) is 0. The van der Waals surface area contributed by atoms with Crippen molar-refractivity contribution in [1.29, 1.82) is 0 Å². The molecule has 2 aromatic rings. The Kier molecular flexibility index (Phi) is 6.35. The Morgan fingerprint density at radius 2 is 2.27 bits per heavy atom. The molecule has 1 aromatic heterocycles. The predicted molar refractivity (Wildman–Crippen MR) is 105 cm³/mol. The molecule has 0 N–H and O–H groups in total. The third-order valence-electron chi connectivity index (χ3n) is 4.67. The summed E-state index contributed by atoms with van der Waals surface area (Å²) in [6, 6.07) is 10.2. The summed E-state index contributed by atoms with van der Waals surface area (Å²) in [5, 5.41) is 2.82. The maximum absolute atomic E-state index is 11.6. The number of thiophene rings is 1. The summed E-state index contributed by atoms with van der Waals surface area (Å²) in [5.74, 6) is -0.180. The largest absolute Gasteiger partial charge is 0.465 e. The number of likely N-dealkylation sites (N-methyl/N-ethyl adjacent to an activating group) is 1. The lowest BCUT2D eigenvalue weighted by Crippen LogP contribution is -2.31.